The Morgan fingerprint density at radius 2 is 1.82 bits per heavy atom. The first-order chi connectivity index (χ1) is 10.4. The van der Waals surface area contributed by atoms with Crippen molar-refractivity contribution in [3.63, 3.8) is 0 Å². The Labute approximate surface area is 140 Å². The normalized spacial score (nSPS) is 12.2. The minimum absolute atomic E-state index is 0.433. The first-order valence-electron chi connectivity index (χ1n) is 7.43. The molecule has 0 fully saturated rings. The Hall–Kier alpha value is -0.760. The zero-order chi connectivity index (χ0) is 16.3. The number of sulfonamides is 1. The van der Waals surface area contributed by atoms with Crippen LogP contribution in [-0.2, 0) is 10.0 Å². The lowest BCUT2D eigenvalue weighted by Crippen LogP contribution is -2.32. The first-order valence-corrected chi connectivity index (χ1v) is 10.6. The van der Waals surface area contributed by atoms with Crippen LogP contribution in [0.15, 0.2) is 16.3 Å². The number of thiazole rings is 1. The van der Waals surface area contributed by atoms with Gasteiger partial charge in [-0.3, -0.25) is 0 Å². The van der Waals surface area contributed by atoms with E-state index < -0.39 is 10.0 Å². The molecule has 122 valence electrons. The number of aromatic nitrogens is 1. The van der Waals surface area contributed by atoms with Gasteiger partial charge in [0.1, 0.15) is 5.01 Å². The fourth-order valence-electron chi connectivity index (χ4n) is 2.28. The van der Waals surface area contributed by atoms with E-state index >= 15 is 0 Å². The van der Waals surface area contributed by atoms with Crippen LogP contribution < -0.4 is 0 Å². The smallest absolute Gasteiger partial charge is 0.241 e. The third-order valence-corrected chi connectivity index (χ3v) is 7.60. The molecule has 0 aromatic carbocycles. The van der Waals surface area contributed by atoms with Crippen molar-refractivity contribution in [2.75, 3.05) is 13.1 Å². The lowest BCUT2D eigenvalue weighted by Gasteiger charge is -2.20. The van der Waals surface area contributed by atoms with E-state index in [1.807, 2.05) is 33.1 Å². The average molecular weight is 359 g/mol. The lowest BCUT2D eigenvalue weighted by molar-refractivity contribution is 0.410. The minimum Gasteiger partial charge on any atom is -0.241 e. The maximum atomic E-state index is 12.9. The maximum Gasteiger partial charge on any atom is 0.244 e. The lowest BCUT2D eigenvalue weighted by atomic mass is 10.4. The Balaban J connectivity index is 2.41. The van der Waals surface area contributed by atoms with E-state index in [-0.39, 0.29) is 0 Å². The van der Waals surface area contributed by atoms with Gasteiger partial charge in [-0.25, -0.2) is 13.4 Å². The van der Waals surface area contributed by atoms with Gasteiger partial charge in [-0.15, -0.1) is 22.7 Å². The van der Waals surface area contributed by atoms with Crippen LogP contribution in [0.4, 0.5) is 0 Å². The van der Waals surface area contributed by atoms with E-state index in [1.54, 1.807) is 21.7 Å². The molecule has 0 bridgehead atoms. The van der Waals surface area contributed by atoms with E-state index in [0.29, 0.717) is 18.0 Å². The summed E-state index contributed by atoms with van der Waals surface area (Å²) >= 11 is 3.06. The molecule has 0 N–H and O–H groups in total. The van der Waals surface area contributed by atoms with Crippen molar-refractivity contribution >= 4 is 32.7 Å². The summed E-state index contributed by atoms with van der Waals surface area (Å²) in [4.78, 5) is 6.65. The second kappa shape index (κ2) is 7.21. The molecule has 0 spiro atoms. The summed E-state index contributed by atoms with van der Waals surface area (Å²) in [6, 6.07) is 1.78. The monoisotopic (exact) mass is 358 g/mol. The molecule has 2 heterocycles. The highest BCUT2D eigenvalue weighted by atomic mass is 32.2. The van der Waals surface area contributed by atoms with Crippen LogP contribution in [0.5, 0.6) is 0 Å². The van der Waals surface area contributed by atoms with Crippen LogP contribution >= 0.6 is 22.7 Å². The molecule has 0 atom stereocenters. The van der Waals surface area contributed by atoms with E-state index in [4.69, 9.17) is 0 Å². The van der Waals surface area contributed by atoms with Crippen LogP contribution in [-0.4, -0.2) is 30.8 Å². The van der Waals surface area contributed by atoms with Crippen molar-refractivity contribution in [2.45, 2.75) is 45.4 Å². The van der Waals surface area contributed by atoms with Gasteiger partial charge in [0.15, 0.2) is 0 Å². The van der Waals surface area contributed by atoms with Gasteiger partial charge in [0.2, 0.25) is 10.0 Å². The van der Waals surface area contributed by atoms with Crippen molar-refractivity contribution in [1.29, 1.82) is 0 Å². The van der Waals surface area contributed by atoms with E-state index in [1.165, 1.54) is 11.3 Å². The van der Waals surface area contributed by atoms with Crippen LogP contribution in [0.3, 0.4) is 0 Å². The largest absolute Gasteiger partial charge is 0.244 e. The van der Waals surface area contributed by atoms with Crippen LogP contribution in [0.25, 0.3) is 9.88 Å². The molecule has 0 saturated carbocycles. The molecule has 0 aliphatic rings. The second-order valence-electron chi connectivity index (χ2n) is 5.23. The number of nitrogens with zero attached hydrogens (tertiary/aromatic N) is 2. The number of hydrogen-bond acceptors (Lipinski definition) is 5. The van der Waals surface area contributed by atoms with Crippen molar-refractivity contribution < 1.29 is 8.42 Å². The van der Waals surface area contributed by atoms with E-state index in [2.05, 4.69) is 4.98 Å². The summed E-state index contributed by atoms with van der Waals surface area (Å²) in [6.45, 7) is 8.96. The summed E-state index contributed by atoms with van der Waals surface area (Å²) in [5.74, 6) is 0. The maximum absolute atomic E-state index is 12.9. The van der Waals surface area contributed by atoms with Gasteiger partial charge in [0.05, 0.1) is 9.77 Å². The standard InChI is InChI=1S/C15H22N2O2S3/c1-5-7-17(8-6-2)22(18,19)14-9-13(21-12(14)4)15-16-11(3)10-20-15/h9-10H,5-8H2,1-4H3. The van der Waals surface area contributed by atoms with Crippen molar-refractivity contribution in [3.8, 4) is 9.88 Å². The third-order valence-electron chi connectivity index (χ3n) is 3.27. The molecule has 0 saturated heterocycles. The molecular formula is C15H22N2O2S3. The topological polar surface area (TPSA) is 50.3 Å². The van der Waals surface area contributed by atoms with Crippen LogP contribution in [0.2, 0.25) is 0 Å². The number of rotatable bonds is 7. The van der Waals surface area contributed by atoms with Gasteiger partial charge < -0.3 is 0 Å². The molecule has 0 aliphatic heterocycles. The molecule has 0 aliphatic carbocycles. The van der Waals surface area contributed by atoms with Crippen LogP contribution in [0, 0.1) is 13.8 Å². The Morgan fingerprint density at radius 3 is 2.32 bits per heavy atom. The van der Waals surface area contributed by atoms with Crippen LogP contribution in [0.1, 0.15) is 37.3 Å². The Bertz CT molecular complexity index is 726. The molecule has 4 nitrogen and oxygen atoms in total. The molecule has 0 radical (unpaired) electrons. The summed E-state index contributed by atoms with van der Waals surface area (Å²) in [5, 5.41) is 2.88. The molecule has 7 heteroatoms. The van der Waals surface area contributed by atoms with E-state index in [0.717, 1.165) is 33.3 Å². The van der Waals surface area contributed by atoms with Gasteiger partial charge in [0, 0.05) is 29.0 Å². The fraction of sp³-hybridized carbons (Fsp3) is 0.533. The van der Waals surface area contributed by atoms with Crippen molar-refractivity contribution in [3.05, 3.63) is 22.0 Å². The number of hydrogen-bond donors (Lipinski definition) is 0. The summed E-state index contributed by atoms with van der Waals surface area (Å²) in [7, 11) is -3.42. The van der Waals surface area contributed by atoms with Gasteiger partial charge in [-0.05, 0) is 32.8 Å². The Kier molecular flexibility index (Phi) is 5.76. The van der Waals surface area contributed by atoms with Gasteiger partial charge in [0.25, 0.3) is 0 Å². The summed E-state index contributed by atoms with van der Waals surface area (Å²) in [5.41, 5.74) is 0.967. The molecule has 2 rings (SSSR count). The highest BCUT2D eigenvalue weighted by molar-refractivity contribution is 7.89. The highest BCUT2D eigenvalue weighted by Crippen LogP contribution is 2.36. The SMILES string of the molecule is CCCN(CCC)S(=O)(=O)c1cc(-c2nc(C)cs2)sc1C. The second-order valence-corrected chi connectivity index (χ2v) is 9.25. The van der Waals surface area contributed by atoms with Gasteiger partial charge in [-0.1, -0.05) is 13.8 Å². The molecule has 0 unspecified atom stereocenters. The van der Waals surface area contributed by atoms with Gasteiger partial charge >= 0.3 is 0 Å². The van der Waals surface area contributed by atoms with E-state index in [9.17, 15) is 8.42 Å². The average Bonchev–Trinajstić information content (AvgIpc) is 3.05. The zero-order valence-corrected chi connectivity index (χ0v) is 15.9. The zero-order valence-electron chi connectivity index (χ0n) is 13.4. The predicted octanol–water partition coefficient (Wildman–Crippen LogP) is 4.30. The van der Waals surface area contributed by atoms with Gasteiger partial charge in [-0.2, -0.15) is 4.31 Å². The minimum atomic E-state index is -3.42. The molecule has 2 aromatic heterocycles. The molecule has 22 heavy (non-hydrogen) atoms. The van der Waals surface area contributed by atoms with Crippen molar-refractivity contribution in [2.24, 2.45) is 0 Å². The molecular weight excluding hydrogens is 336 g/mol. The fourth-order valence-corrected chi connectivity index (χ4v) is 6.33. The predicted molar refractivity (Wildman–Crippen MR) is 94.2 cm³/mol. The number of aryl methyl sites for hydroxylation is 2. The quantitative estimate of drug-likeness (QED) is 0.741. The van der Waals surface area contributed by atoms with Crippen molar-refractivity contribution in [1.82, 2.24) is 9.29 Å². The summed E-state index contributed by atoms with van der Waals surface area (Å²) < 4.78 is 27.4. The summed E-state index contributed by atoms with van der Waals surface area (Å²) in [6.07, 6.45) is 1.64. The Morgan fingerprint density at radius 1 is 1.18 bits per heavy atom. The highest BCUT2D eigenvalue weighted by Gasteiger charge is 2.27. The first kappa shape index (κ1) is 17.6. The third kappa shape index (κ3) is 3.59. The number of thiophene rings is 1. The molecule has 2 aromatic rings. The molecule has 0 amide bonds.